The Balaban J connectivity index is 2.38. The number of nitrogens with zero attached hydrogens (tertiary/aromatic N) is 3. The number of hydrogen-bond acceptors (Lipinski definition) is 3. The molecule has 0 fully saturated rings. The van der Waals surface area contributed by atoms with E-state index in [2.05, 4.69) is 56.9 Å². The summed E-state index contributed by atoms with van der Waals surface area (Å²) in [5.74, 6) is 1.76. The zero-order valence-electron chi connectivity index (χ0n) is 12.7. The van der Waals surface area contributed by atoms with Crippen LogP contribution < -0.4 is 5.32 Å². The molecular formula is C14H28N4. The maximum atomic E-state index is 4.35. The topological polar surface area (TPSA) is 42.7 Å². The van der Waals surface area contributed by atoms with Crippen LogP contribution in [0, 0.1) is 5.92 Å². The van der Waals surface area contributed by atoms with Gasteiger partial charge in [-0.2, -0.15) is 5.10 Å². The molecule has 4 heteroatoms. The van der Waals surface area contributed by atoms with Gasteiger partial charge in [-0.1, -0.05) is 6.92 Å². The fraction of sp³-hybridized carbons (Fsp3) is 0.857. The molecule has 0 radical (unpaired) electrons. The van der Waals surface area contributed by atoms with Crippen LogP contribution >= 0.6 is 0 Å². The molecule has 0 aliphatic carbocycles. The van der Waals surface area contributed by atoms with E-state index in [9.17, 15) is 0 Å². The molecule has 0 amide bonds. The third kappa shape index (κ3) is 5.17. The smallest absolute Gasteiger partial charge is 0.138 e. The summed E-state index contributed by atoms with van der Waals surface area (Å²) in [6.07, 6.45) is 3.81. The number of hydrogen-bond donors (Lipinski definition) is 1. The van der Waals surface area contributed by atoms with Gasteiger partial charge in [-0.25, -0.2) is 9.67 Å². The van der Waals surface area contributed by atoms with Gasteiger partial charge in [0, 0.05) is 18.0 Å². The molecular weight excluding hydrogens is 224 g/mol. The molecule has 1 aromatic rings. The summed E-state index contributed by atoms with van der Waals surface area (Å²) in [6.45, 7) is 14.2. The van der Waals surface area contributed by atoms with Gasteiger partial charge in [0.2, 0.25) is 0 Å². The summed E-state index contributed by atoms with van der Waals surface area (Å²) < 4.78 is 2.02. The third-order valence-corrected chi connectivity index (χ3v) is 2.98. The molecule has 1 rings (SSSR count). The Morgan fingerprint density at radius 2 is 1.94 bits per heavy atom. The number of rotatable bonds is 6. The maximum Gasteiger partial charge on any atom is 0.138 e. The second-order valence-electron chi connectivity index (χ2n) is 6.49. The highest BCUT2D eigenvalue weighted by atomic mass is 15.3. The van der Waals surface area contributed by atoms with Crippen LogP contribution in [0.25, 0.3) is 0 Å². The van der Waals surface area contributed by atoms with E-state index in [1.807, 2.05) is 4.68 Å². The van der Waals surface area contributed by atoms with Crippen molar-refractivity contribution in [2.75, 3.05) is 6.54 Å². The molecule has 0 spiro atoms. The molecule has 1 unspecified atom stereocenters. The minimum Gasteiger partial charge on any atom is -0.312 e. The Bertz CT molecular complexity index is 349. The molecule has 0 aromatic carbocycles. The van der Waals surface area contributed by atoms with Gasteiger partial charge in [0.05, 0.1) is 0 Å². The standard InChI is InChI=1S/C14H28N4/c1-11(2)18-13(15-10-17-18)8-7-12(3)9-16-14(4,5)6/h10-12,16H,7-9H2,1-6H3. The lowest BCUT2D eigenvalue weighted by molar-refractivity contribution is 0.369. The molecule has 1 aromatic heterocycles. The van der Waals surface area contributed by atoms with Crippen molar-refractivity contribution in [3.05, 3.63) is 12.2 Å². The Morgan fingerprint density at radius 1 is 1.28 bits per heavy atom. The molecule has 0 aliphatic heterocycles. The summed E-state index contributed by atoms with van der Waals surface area (Å²) in [6, 6.07) is 0.394. The van der Waals surface area contributed by atoms with Crippen LogP contribution in [0.3, 0.4) is 0 Å². The molecule has 1 N–H and O–H groups in total. The fourth-order valence-electron chi connectivity index (χ4n) is 1.84. The van der Waals surface area contributed by atoms with E-state index in [1.165, 1.54) is 0 Å². The molecule has 0 saturated heterocycles. The molecule has 4 nitrogen and oxygen atoms in total. The highest BCUT2D eigenvalue weighted by Crippen LogP contribution is 2.11. The Kier molecular flexibility index (Phi) is 5.32. The van der Waals surface area contributed by atoms with Crippen LogP contribution in [0.15, 0.2) is 6.33 Å². The van der Waals surface area contributed by atoms with E-state index >= 15 is 0 Å². The molecule has 1 heterocycles. The van der Waals surface area contributed by atoms with Crippen molar-refractivity contribution >= 4 is 0 Å². The Labute approximate surface area is 111 Å². The monoisotopic (exact) mass is 252 g/mol. The second kappa shape index (κ2) is 6.32. The van der Waals surface area contributed by atoms with E-state index in [4.69, 9.17) is 0 Å². The fourth-order valence-corrected chi connectivity index (χ4v) is 1.84. The highest BCUT2D eigenvalue weighted by Gasteiger charge is 2.13. The van der Waals surface area contributed by atoms with Crippen LogP contribution in [0.5, 0.6) is 0 Å². The van der Waals surface area contributed by atoms with Gasteiger partial charge in [-0.3, -0.25) is 0 Å². The average Bonchev–Trinajstić information content (AvgIpc) is 2.70. The molecule has 104 valence electrons. The third-order valence-electron chi connectivity index (χ3n) is 2.98. The summed E-state index contributed by atoms with van der Waals surface area (Å²) in [5.41, 5.74) is 0.201. The van der Waals surface area contributed by atoms with Crippen LogP contribution in [0.4, 0.5) is 0 Å². The minimum atomic E-state index is 0.201. The van der Waals surface area contributed by atoms with Crippen molar-refractivity contribution in [2.24, 2.45) is 5.92 Å². The van der Waals surface area contributed by atoms with Crippen LogP contribution in [-0.4, -0.2) is 26.8 Å². The van der Waals surface area contributed by atoms with Crippen LogP contribution in [0.2, 0.25) is 0 Å². The van der Waals surface area contributed by atoms with E-state index in [0.29, 0.717) is 12.0 Å². The maximum absolute atomic E-state index is 4.35. The zero-order valence-corrected chi connectivity index (χ0v) is 12.7. The SMILES string of the molecule is CC(CCc1ncnn1C(C)C)CNC(C)(C)C. The summed E-state index contributed by atoms with van der Waals surface area (Å²) in [4.78, 5) is 4.35. The van der Waals surface area contributed by atoms with Crippen molar-refractivity contribution in [3.63, 3.8) is 0 Å². The Hall–Kier alpha value is -0.900. The van der Waals surface area contributed by atoms with Crippen LogP contribution in [0.1, 0.15) is 59.8 Å². The first-order chi connectivity index (χ1) is 8.29. The van der Waals surface area contributed by atoms with Gasteiger partial charge in [-0.05, 0) is 53.5 Å². The van der Waals surface area contributed by atoms with E-state index in [-0.39, 0.29) is 5.54 Å². The van der Waals surface area contributed by atoms with Crippen molar-refractivity contribution in [3.8, 4) is 0 Å². The number of aryl methyl sites for hydroxylation is 1. The van der Waals surface area contributed by atoms with Crippen molar-refractivity contribution in [1.29, 1.82) is 0 Å². The van der Waals surface area contributed by atoms with Gasteiger partial charge in [0.1, 0.15) is 12.2 Å². The first-order valence-electron chi connectivity index (χ1n) is 6.93. The van der Waals surface area contributed by atoms with Gasteiger partial charge >= 0.3 is 0 Å². The van der Waals surface area contributed by atoms with Gasteiger partial charge in [0.25, 0.3) is 0 Å². The molecule has 0 bridgehead atoms. The molecule has 18 heavy (non-hydrogen) atoms. The van der Waals surface area contributed by atoms with E-state index in [0.717, 1.165) is 25.2 Å². The highest BCUT2D eigenvalue weighted by molar-refractivity contribution is 4.87. The number of aromatic nitrogens is 3. The van der Waals surface area contributed by atoms with Gasteiger partial charge in [-0.15, -0.1) is 0 Å². The van der Waals surface area contributed by atoms with Gasteiger partial charge in [0.15, 0.2) is 0 Å². The molecule has 0 aliphatic rings. The molecule has 0 saturated carbocycles. The average molecular weight is 252 g/mol. The van der Waals surface area contributed by atoms with Crippen LogP contribution in [-0.2, 0) is 6.42 Å². The predicted octanol–water partition coefficient (Wildman–Crippen LogP) is 2.82. The predicted molar refractivity (Wildman–Crippen MR) is 75.6 cm³/mol. The number of nitrogens with one attached hydrogen (secondary N) is 1. The van der Waals surface area contributed by atoms with E-state index in [1.54, 1.807) is 6.33 Å². The minimum absolute atomic E-state index is 0.201. The lowest BCUT2D eigenvalue weighted by Crippen LogP contribution is -2.38. The Morgan fingerprint density at radius 3 is 2.50 bits per heavy atom. The second-order valence-corrected chi connectivity index (χ2v) is 6.49. The first-order valence-corrected chi connectivity index (χ1v) is 6.93. The normalized spacial score (nSPS) is 14.2. The quantitative estimate of drug-likeness (QED) is 0.846. The summed E-state index contributed by atoms with van der Waals surface area (Å²) in [7, 11) is 0. The largest absolute Gasteiger partial charge is 0.312 e. The van der Waals surface area contributed by atoms with Gasteiger partial charge < -0.3 is 5.32 Å². The van der Waals surface area contributed by atoms with E-state index < -0.39 is 0 Å². The summed E-state index contributed by atoms with van der Waals surface area (Å²) >= 11 is 0. The zero-order chi connectivity index (χ0) is 13.8. The summed E-state index contributed by atoms with van der Waals surface area (Å²) in [5, 5.41) is 7.82. The molecule has 1 atom stereocenters. The van der Waals surface area contributed by atoms with Crippen molar-refractivity contribution < 1.29 is 0 Å². The lowest BCUT2D eigenvalue weighted by Gasteiger charge is -2.23. The first kappa shape index (κ1) is 15.2. The van der Waals surface area contributed by atoms with Crippen molar-refractivity contribution in [1.82, 2.24) is 20.1 Å². The lowest BCUT2D eigenvalue weighted by atomic mass is 10.0. The van der Waals surface area contributed by atoms with Crippen molar-refractivity contribution in [2.45, 2.75) is 66.0 Å².